The maximum atomic E-state index is 5.86. The third-order valence-corrected chi connectivity index (χ3v) is 5.60. The fourth-order valence-corrected chi connectivity index (χ4v) is 4.58. The Morgan fingerprint density at radius 2 is 2.06 bits per heavy atom. The lowest BCUT2D eigenvalue weighted by atomic mass is 9.66. The van der Waals surface area contributed by atoms with Crippen molar-refractivity contribution in [3.05, 3.63) is 0 Å². The zero-order chi connectivity index (χ0) is 10.9. The summed E-state index contributed by atoms with van der Waals surface area (Å²) in [6.07, 6.45) is 8.53. The molecule has 4 rings (SSSR count). The van der Waals surface area contributed by atoms with Gasteiger partial charge in [0, 0.05) is 0 Å². The normalized spacial score (nSPS) is 63.4. The lowest BCUT2D eigenvalue weighted by Gasteiger charge is -2.36. The Kier molecular flexibility index (Phi) is 1.87. The van der Waals surface area contributed by atoms with Gasteiger partial charge in [0.2, 0.25) is 0 Å². The first-order valence-electron chi connectivity index (χ1n) is 7.01. The van der Waals surface area contributed by atoms with Gasteiger partial charge >= 0.3 is 0 Å². The molecule has 7 unspecified atom stereocenters. The minimum Gasteiger partial charge on any atom is -0.369 e. The number of rotatable bonds is 1. The monoisotopic (exact) mass is 222 g/mol. The van der Waals surface area contributed by atoms with E-state index in [1.54, 1.807) is 0 Å². The summed E-state index contributed by atoms with van der Waals surface area (Å²) < 4.78 is 11.7. The number of fused-ring (bicyclic) bond motifs is 2. The van der Waals surface area contributed by atoms with Crippen LogP contribution < -0.4 is 0 Å². The van der Waals surface area contributed by atoms with E-state index in [9.17, 15) is 0 Å². The highest BCUT2D eigenvalue weighted by molar-refractivity contribution is 5.09. The first kappa shape index (κ1) is 9.90. The number of ether oxygens (including phenoxy) is 2. The Morgan fingerprint density at radius 3 is 2.94 bits per heavy atom. The van der Waals surface area contributed by atoms with E-state index >= 15 is 0 Å². The van der Waals surface area contributed by atoms with Crippen LogP contribution in [0.3, 0.4) is 0 Å². The van der Waals surface area contributed by atoms with E-state index < -0.39 is 0 Å². The van der Waals surface area contributed by atoms with Crippen molar-refractivity contribution in [2.75, 3.05) is 0 Å². The maximum absolute atomic E-state index is 5.86. The summed E-state index contributed by atoms with van der Waals surface area (Å²) in [5.41, 5.74) is 0.258. The topological polar surface area (TPSA) is 25.1 Å². The van der Waals surface area contributed by atoms with Gasteiger partial charge in [-0.1, -0.05) is 13.3 Å². The summed E-state index contributed by atoms with van der Waals surface area (Å²) in [6, 6.07) is 0. The molecule has 2 aliphatic heterocycles. The second kappa shape index (κ2) is 3.02. The van der Waals surface area contributed by atoms with Crippen molar-refractivity contribution in [3.63, 3.8) is 0 Å². The highest BCUT2D eigenvalue weighted by Gasteiger charge is 2.60. The highest BCUT2D eigenvalue weighted by Crippen LogP contribution is 2.56. The molecule has 2 heteroatoms. The van der Waals surface area contributed by atoms with E-state index in [1.807, 2.05) is 0 Å². The lowest BCUT2D eigenvalue weighted by Crippen LogP contribution is -2.36. The predicted octanol–water partition coefficient (Wildman–Crippen LogP) is 2.76. The van der Waals surface area contributed by atoms with E-state index in [4.69, 9.17) is 9.47 Å². The van der Waals surface area contributed by atoms with Gasteiger partial charge in [-0.2, -0.15) is 0 Å². The van der Waals surface area contributed by atoms with Gasteiger partial charge in [0.25, 0.3) is 0 Å². The van der Waals surface area contributed by atoms with Crippen LogP contribution in [0.2, 0.25) is 0 Å². The van der Waals surface area contributed by atoms with Crippen LogP contribution in [0.25, 0.3) is 0 Å². The number of epoxide rings is 2. The number of hydrogen-bond acceptors (Lipinski definition) is 2. The first-order chi connectivity index (χ1) is 7.67. The number of hydrogen-bond donors (Lipinski definition) is 0. The molecule has 0 N–H and O–H groups in total. The quantitative estimate of drug-likeness (QED) is 0.637. The molecule has 0 aromatic carbocycles. The largest absolute Gasteiger partial charge is 0.369 e. The molecule has 0 spiro atoms. The van der Waals surface area contributed by atoms with E-state index in [2.05, 4.69) is 13.8 Å². The van der Waals surface area contributed by atoms with E-state index in [0.717, 1.165) is 17.8 Å². The van der Waals surface area contributed by atoms with Crippen LogP contribution in [0.15, 0.2) is 0 Å². The predicted molar refractivity (Wildman–Crippen MR) is 61.2 cm³/mol. The van der Waals surface area contributed by atoms with Gasteiger partial charge in [0.05, 0.1) is 23.9 Å². The molecule has 0 bridgehead atoms. The van der Waals surface area contributed by atoms with Crippen LogP contribution in [0.1, 0.15) is 46.0 Å². The average Bonchev–Trinajstić information content (AvgIpc) is 3.09. The zero-order valence-corrected chi connectivity index (χ0v) is 10.3. The minimum atomic E-state index is 0.258. The fraction of sp³-hybridized carbons (Fsp3) is 1.00. The van der Waals surface area contributed by atoms with Crippen LogP contribution in [-0.2, 0) is 9.47 Å². The van der Waals surface area contributed by atoms with Gasteiger partial charge in [-0.3, -0.25) is 0 Å². The molecule has 16 heavy (non-hydrogen) atoms. The van der Waals surface area contributed by atoms with Crippen LogP contribution in [0.4, 0.5) is 0 Å². The molecule has 0 aromatic heterocycles. The molecule has 2 saturated carbocycles. The Bertz CT molecular complexity index is 316. The van der Waals surface area contributed by atoms with Crippen LogP contribution in [0, 0.1) is 17.8 Å². The van der Waals surface area contributed by atoms with Crippen molar-refractivity contribution < 1.29 is 9.47 Å². The molecule has 0 radical (unpaired) electrons. The first-order valence-corrected chi connectivity index (χ1v) is 7.01. The minimum absolute atomic E-state index is 0.258. The van der Waals surface area contributed by atoms with Gasteiger partial charge in [0.15, 0.2) is 0 Å². The standard InChI is InChI=1S/C14H22O2/c1-8-7-14(2)12(16-14)6-10(8)9-4-3-5-11-13(9)15-11/h8-13H,3-7H2,1-2H3. The van der Waals surface area contributed by atoms with E-state index in [-0.39, 0.29) is 5.60 Å². The van der Waals surface area contributed by atoms with E-state index in [1.165, 1.54) is 32.1 Å². The third kappa shape index (κ3) is 1.32. The molecule has 2 nitrogen and oxygen atoms in total. The summed E-state index contributed by atoms with van der Waals surface area (Å²) in [6.45, 7) is 4.72. The van der Waals surface area contributed by atoms with Crippen molar-refractivity contribution >= 4 is 0 Å². The zero-order valence-electron chi connectivity index (χ0n) is 10.3. The molecule has 2 heterocycles. The summed E-state index contributed by atoms with van der Waals surface area (Å²) >= 11 is 0. The third-order valence-electron chi connectivity index (χ3n) is 5.60. The Labute approximate surface area is 97.7 Å². The van der Waals surface area contributed by atoms with Crippen molar-refractivity contribution in [1.29, 1.82) is 0 Å². The Morgan fingerprint density at radius 1 is 1.19 bits per heavy atom. The molecule has 4 fully saturated rings. The van der Waals surface area contributed by atoms with Gasteiger partial charge < -0.3 is 9.47 Å². The Hall–Kier alpha value is -0.0800. The molecule has 4 aliphatic rings. The van der Waals surface area contributed by atoms with Crippen molar-refractivity contribution in [1.82, 2.24) is 0 Å². The van der Waals surface area contributed by atoms with Crippen LogP contribution in [0.5, 0.6) is 0 Å². The van der Waals surface area contributed by atoms with Gasteiger partial charge in [-0.05, 0) is 50.4 Å². The molecule has 0 amide bonds. The van der Waals surface area contributed by atoms with E-state index in [0.29, 0.717) is 18.3 Å². The Balaban J connectivity index is 1.50. The second-order valence-corrected chi connectivity index (χ2v) is 6.73. The summed E-state index contributed by atoms with van der Waals surface area (Å²) in [4.78, 5) is 0. The fourth-order valence-electron chi connectivity index (χ4n) is 4.58. The molecule has 0 aromatic rings. The molecule has 2 saturated heterocycles. The lowest BCUT2D eigenvalue weighted by molar-refractivity contribution is 0.135. The highest BCUT2D eigenvalue weighted by atomic mass is 16.6. The van der Waals surface area contributed by atoms with Crippen LogP contribution in [-0.4, -0.2) is 23.9 Å². The average molecular weight is 222 g/mol. The van der Waals surface area contributed by atoms with Gasteiger partial charge in [0.1, 0.15) is 0 Å². The van der Waals surface area contributed by atoms with Crippen molar-refractivity contribution in [2.24, 2.45) is 17.8 Å². The second-order valence-electron chi connectivity index (χ2n) is 6.73. The molecular formula is C14H22O2. The maximum Gasteiger partial charge on any atom is 0.0923 e. The smallest absolute Gasteiger partial charge is 0.0923 e. The summed E-state index contributed by atoms with van der Waals surface area (Å²) in [7, 11) is 0. The molecule has 7 atom stereocenters. The van der Waals surface area contributed by atoms with Crippen molar-refractivity contribution in [3.8, 4) is 0 Å². The summed E-state index contributed by atoms with van der Waals surface area (Å²) in [5.74, 6) is 2.55. The van der Waals surface area contributed by atoms with Gasteiger partial charge in [-0.15, -0.1) is 0 Å². The molecular weight excluding hydrogens is 200 g/mol. The molecule has 90 valence electrons. The SMILES string of the molecule is CC1CC2(C)OC2CC1C1CCCC2OC21. The van der Waals surface area contributed by atoms with Gasteiger partial charge in [-0.25, -0.2) is 0 Å². The van der Waals surface area contributed by atoms with Crippen molar-refractivity contribution in [2.45, 2.75) is 69.9 Å². The summed E-state index contributed by atoms with van der Waals surface area (Å²) in [5, 5.41) is 0. The molecule has 2 aliphatic carbocycles. The van der Waals surface area contributed by atoms with Crippen LogP contribution >= 0.6 is 0 Å².